The number of benzene rings is 2. The summed E-state index contributed by atoms with van der Waals surface area (Å²) < 4.78 is 11.5. The zero-order valence-electron chi connectivity index (χ0n) is 15.4. The molecule has 140 valence electrons. The summed E-state index contributed by atoms with van der Waals surface area (Å²) in [7, 11) is 1.77. The van der Waals surface area contributed by atoms with Crippen molar-refractivity contribution in [2.45, 2.75) is 25.5 Å². The molecule has 1 N–H and O–H groups in total. The lowest BCUT2D eigenvalue weighted by Gasteiger charge is -2.19. The molecular weight excluding hydrogens is 342 g/mol. The Morgan fingerprint density at radius 3 is 2.89 bits per heavy atom. The number of carbonyl (C=O) groups excluding carboxylic acids is 1. The van der Waals surface area contributed by atoms with Crippen LogP contribution in [0, 0.1) is 0 Å². The molecule has 1 amide bonds. The number of aromatic amines is 1. The van der Waals surface area contributed by atoms with Crippen LogP contribution in [0.1, 0.15) is 29.0 Å². The van der Waals surface area contributed by atoms with E-state index in [1.54, 1.807) is 18.0 Å². The van der Waals surface area contributed by atoms with Crippen molar-refractivity contribution in [3.8, 4) is 5.75 Å². The van der Waals surface area contributed by atoms with Gasteiger partial charge in [-0.3, -0.25) is 4.79 Å². The van der Waals surface area contributed by atoms with Crippen molar-refractivity contribution in [1.29, 1.82) is 0 Å². The smallest absolute Gasteiger partial charge is 0.257 e. The summed E-state index contributed by atoms with van der Waals surface area (Å²) in [6.45, 7) is 1.65. The summed E-state index contributed by atoms with van der Waals surface area (Å²) in [6.07, 6.45) is 2.18. The van der Waals surface area contributed by atoms with Crippen LogP contribution in [0.3, 0.4) is 0 Å². The maximum Gasteiger partial charge on any atom is 0.257 e. The van der Waals surface area contributed by atoms with Crippen LogP contribution >= 0.6 is 0 Å². The SMILES string of the molecule is CN(Cc1nc2ccccc2[nH]1)C(=O)c1ccccc1OC[C@H]1CCCO1. The van der Waals surface area contributed by atoms with Gasteiger partial charge >= 0.3 is 0 Å². The van der Waals surface area contributed by atoms with Gasteiger partial charge in [0.15, 0.2) is 0 Å². The minimum absolute atomic E-state index is 0.0987. The summed E-state index contributed by atoms with van der Waals surface area (Å²) >= 11 is 0. The molecule has 1 atom stereocenters. The van der Waals surface area contributed by atoms with Crippen LogP contribution in [-0.2, 0) is 11.3 Å². The third-order valence-electron chi connectivity index (χ3n) is 4.74. The van der Waals surface area contributed by atoms with E-state index in [0.717, 1.165) is 36.3 Å². The Labute approximate surface area is 158 Å². The summed E-state index contributed by atoms with van der Waals surface area (Å²) in [6, 6.07) is 15.2. The van der Waals surface area contributed by atoms with Gasteiger partial charge in [0, 0.05) is 13.7 Å². The number of ether oxygens (including phenoxy) is 2. The Kier molecular flexibility index (Phi) is 5.07. The van der Waals surface area contributed by atoms with Crippen molar-refractivity contribution in [3.05, 3.63) is 59.9 Å². The van der Waals surface area contributed by atoms with Gasteiger partial charge in [0.1, 0.15) is 18.2 Å². The van der Waals surface area contributed by atoms with Crippen molar-refractivity contribution in [2.75, 3.05) is 20.3 Å². The minimum atomic E-state index is -0.0987. The van der Waals surface area contributed by atoms with Crippen molar-refractivity contribution in [3.63, 3.8) is 0 Å². The molecule has 1 aliphatic heterocycles. The first-order chi connectivity index (χ1) is 13.2. The lowest BCUT2D eigenvalue weighted by atomic mass is 10.1. The van der Waals surface area contributed by atoms with Crippen LogP contribution in [0.5, 0.6) is 5.75 Å². The van der Waals surface area contributed by atoms with Crippen molar-refractivity contribution < 1.29 is 14.3 Å². The summed E-state index contributed by atoms with van der Waals surface area (Å²) in [5.74, 6) is 1.25. The van der Waals surface area contributed by atoms with E-state index in [1.165, 1.54) is 0 Å². The van der Waals surface area contributed by atoms with Crippen LogP contribution in [0.25, 0.3) is 11.0 Å². The highest BCUT2D eigenvalue weighted by molar-refractivity contribution is 5.96. The number of hydrogen-bond donors (Lipinski definition) is 1. The van der Waals surface area contributed by atoms with Gasteiger partial charge in [-0.05, 0) is 37.1 Å². The van der Waals surface area contributed by atoms with Gasteiger partial charge in [0.2, 0.25) is 0 Å². The lowest BCUT2D eigenvalue weighted by Crippen LogP contribution is -2.27. The number of imidazole rings is 1. The molecular formula is C21H23N3O3. The number of nitrogens with zero attached hydrogens (tertiary/aromatic N) is 2. The number of amides is 1. The van der Waals surface area contributed by atoms with E-state index >= 15 is 0 Å². The Bertz CT molecular complexity index is 898. The Balaban J connectivity index is 1.46. The van der Waals surface area contributed by atoms with Crippen LogP contribution in [0.2, 0.25) is 0 Å². The number of para-hydroxylation sites is 3. The van der Waals surface area contributed by atoms with Crippen LogP contribution in [0.15, 0.2) is 48.5 Å². The molecule has 6 heteroatoms. The van der Waals surface area contributed by atoms with Gasteiger partial charge < -0.3 is 19.4 Å². The first-order valence-electron chi connectivity index (χ1n) is 9.23. The molecule has 0 radical (unpaired) electrons. The van der Waals surface area contributed by atoms with Gasteiger partial charge in [-0.15, -0.1) is 0 Å². The van der Waals surface area contributed by atoms with E-state index in [-0.39, 0.29) is 12.0 Å². The van der Waals surface area contributed by atoms with E-state index in [1.807, 2.05) is 42.5 Å². The number of fused-ring (bicyclic) bond motifs is 1. The largest absolute Gasteiger partial charge is 0.490 e. The fraction of sp³-hybridized carbons (Fsp3) is 0.333. The molecule has 4 rings (SSSR count). The number of H-pyrrole nitrogens is 1. The van der Waals surface area contributed by atoms with E-state index < -0.39 is 0 Å². The summed E-state index contributed by atoms with van der Waals surface area (Å²) in [5.41, 5.74) is 2.41. The fourth-order valence-corrected chi connectivity index (χ4v) is 3.31. The van der Waals surface area contributed by atoms with Gasteiger partial charge in [-0.2, -0.15) is 0 Å². The van der Waals surface area contributed by atoms with Crippen molar-refractivity contribution in [2.24, 2.45) is 0 Å². The number of carbonyl (C=O) groups is 1. The first-order valence-corrected chi connectivity index (χ1v) is 9.23. The van der Waals surface area contributed by atoms with E-state index in [4.69, 9.17) is 9.47 Å². The molecule has 0 saturated carbocycles. The van der Waals surface area contributed by atoms with Gasteiger partial charge in [-0.1, -0.05) is 24.3 Å². The molecule has 3 aromatic rings. The summed E-state index contributed by atoms with van der Waals surface area (Å²) in [4.78, 5) is 22.4. The molecule has 0 unspecified atom stereocenters. The molecule has 6 nitrogen and oxygen atoms in total. The van der Waals surface area contributed by atoms with E-state index in [0.29, 0.717) is 24.5 Å². The Hall–Kier alpha value is -2.86. The fourth-order valence-electron chi connectivity index (χ4n) is 3.31. The number of nitrogens with one attached hydrogen (secondary N) is 1. The molecule has 27 heavy (non-hydrogen) atoms. The molecule has 1 aliphatic rings. The minimum Gasteiger partial charge on any atom is -0.490 e. The van der Waals surface area contributed by atoms with Gasteiger partial charge in [-0.25, -0.2) is 4.98 Å². The molecule has 0 aliphatic carbocycles. The molecule has 1 aromatic heterocycles. The average Bonchev–Trinajstić information content (AvgIpc) is 3.35. The molecule has 1 saturated heterocycles. The quantitative estimate of drug-likeness (QED) is 0.727. The van der Waals surface area contributed by atoms with Crippen LogP contribution < -0.4 is 4.74 Å². The van der Waals surface area contributed by atoms with E-state index in [2.05, 4.69) is 9.97 Å². The Morgan fingerprint density at radius 2 is 2.07 bits per heavy atom. The Morgan fingerprint density at radius 1 is 1.26 bits per heavy atom. The molecule has 0 bridgehead atoms. The molecule has 2 heterocycles. The van der Waals surface area contributed by atoms with Crippen molar-refractivity contribution >= 4 is 16.9 Å². The zero-order valence-corrected chi connectivity index (χ0v) is 15.4. The van der Waals surface area contributed by atoms with Gasteiger partial charge in [0.25, 0.3) is 5.91 Å². The molecule has 1 fully saturated rings. The predicted molar refractivity (Wildman–Crippen MR) is 103 cm³/mol. The lowest BCUT2D eigenvalue weighted by molar-refractivity contribution is 0.0656. The number of rotatable bonds is 6. The van der Waals surface area contributed by atoms with Crippen molar-refractivity contribution in [1.82, 2.24) is 14.9 Å². The second-order valence-corrected chi connectivity index (χ2v) is 6.80. The second-order valence-electron chi connectivity index (χ2n) is 6.80. The van der Waals surface area contributed by atoms with Crippen LogP contribution in [-0.4, -0.2) is 47.1 Å². The molecule has 2 aromatic carbocycles. The topological polar surface area (TPSA) is 67.5 Å². The highest BCUT2D eigenvalue weighted by Crippen LogP contribution is 2.22. The highest BCUT2D eigenvalue weighted by Gasteiger charge is 2.20. The van der Waals surface area contributed by atoms with Gasteiger partial charge in [0.05, 0.1) is 29.2 Å². The first kappa shape index (κ1) is 17.5. The predicted octanol–water partition coefficient (Wildman–Crippen LogP) is 3.39. The standard InChI is InChI=1S/C21H23N3O3/c1-24(13-20-22-17-9-3-4-10-18(17)23-20)21(25)16-8-2-5-11-19(16)27-14-15-7-6-12-26-15/h2-5,8-11,15H,6-7,12-14H2,1H3,(H,22,23)/t15-/m1/s1. The number of hydrogen-bond acceptors (Lipinski definition) is 4. The number of aromatic nitrogens is 2. The monoisotopic (exact) mass is 365 g/mol. The average molecular weight is 365 g/mol. The maximum atomic E-state index is 13.0. The summed E-state index contributed by atoms with van der Waals surface area (Å²) in [5, 5.41) is 0. The highest BCUT2D eigenvalue weighted by atomic mass is 16.5. The second kappa shape index (κ2) is 7.80. The molecule has 0 spiro atoms. The van der Waals surface area contributed by atoms with E-state index in [9.17, 15) is 4.79 Å². The maximum absolute atomic E-state index is 13.0. The third kappa shape index (κ3) is 3.95. The van der Waals surface area contributed by atoms with Crippen LogP contribution in [0.4, 0.5) is 0 Å². The third-order valence-corrected chi connectivity index (χ3v) is 4.74. The normalized spacial score (nSPS) is 16.6. The zero-order chi connectivity index (χ0) is 18.6.